The predicted molar refractivity (Wildman–Crippen MR) is 117 cm³/mol. The first kappa shape index (κ1) is 19.5. The SMILES string of the molecule is COc1ccccc1OCc1nc2ccccc2n1CC(=O)Nc1ccc(C)cc1. The third-order valence-electron chi connectivity index (χ3n) is 4.80. The Morgan fingerprint density at radius 3 is 2.43 bits per heavy atom. The summed E-state index contributed by atoms with van der Waals surface area (Å²) in [6, 6.07) is 22.9. The van der Waals surface area contributed by atoms with Gasteiger partial charge in [0.05, 0.1) is 18.1 Å². The minimum atomic E-state index is -0.124. The van der Waals surface area contributed by atoms with Gasteiger partial charge in [-0.2, -0.15) is 0 Å². The van der Waals surface area contributed by atoms with Crippen LogP contribution in [-0.4, -0.2) is 22.6 Å². The van der Waals surface area contributed by atoms with Crippen LogP contribution in [0.25, 0.3) is 11.0 Å². The lowest BCUT2D eigenvalue weighted by molar-refractivity contribution is -0.116. The van der Waals surface area contributed by atoms with E-state index >= 15 is 0 Å². The molecule has 4 rings (SSSR count). The number of aromatic nitrogens is 2. The van der Waals surface area contributed by atoms with E-state index in [-0.39, 0.29) is 19.1 Å². The summed E-state index contributed by atoms with van der Waals surface area (Å²) in [6.45, 7) is 2.36. The molecule has 0 aliphatic carbocycles. The number of amides is 1. The van der Waals surface area contributed by atoms with Crippen LogP contribution < -0.4 is 14.8 Å². The van der Waals surface area contributed by atoms with Gasteiger partial charge < -0.3 is 19.4 Å². The van der Waals surface area contributed by atoms with Crippen molar-refractivity contribution in [2.24, 2.45) is 0 Å². The number of benzene rings is 3. The van der Waals surface area contributed by atoms with Crippen LogP contribution in [0, 0.1) is 6.92 Å². The van der Waals surface area contributed by atoms with Gasteiger partial charge >= 0.3 is 0 Å². The van der Waals surface area contributed by atoms with Crippen LogP contribution in [0.1, 0.15) is 11.4 Å². The summed E-state index contributed by atoms with van der Waals surface area (Å²) < 4.78 is 13.2. The fraction of sp³-hybridized carbons (Fsp3) is 0.167. The fourth-order valence-electron chi connectivity index (χ4n) is 3.27. The number of ether oxygens (including phenoxy) is 2. The summed E-state index contributed by atoms with van der Waals surface area (Å²) in [5, 5.41) is 2.94. The van der Waals surface area contributed by atoms with E-state index in [2.05, 4.69) is 10.3 Å². The quantitative estimate of drug-likeness (QED) is 0.493. The number of hydrogen-bond donors (Lipinski definition) is 1. The summed E-state index contributed by atoms with van der Waals surface area (Å²) in [6.07, 6.45) is 0. The molecule has 6 nitrogen and oxygen atoms in total. The number of carbonyl (C=O) groups excluding carboxylic acids is 1. The van der Waals surface area contributed by atoms with E-state index in [1.165, 1.54) is 0 Å². The van der Waals surface area contributed by atoms with Crippen LogP contribution in [0.4, 0.5) is 5.69 Å². The zero-order valence-electron chi connectivity index (χ0n) is 17.0. The van der Waals surface area contributed by atoms with Crippen LogP contribution >= 0.6 is 0 Å². The number of nitrogens with one attached hydrogen (secondary N) is 1. The van der Waals surface area contributed by atoms with Gasteiger partial charge in [0, 0.05) is 5.69 Å². The van der Waals surface area contributed by atoms with Gasteiger partial charge in [-0.25, -0.2) is 4.98 Å². The predicted octanol–water partition coefficient (Wildman–Crippen LogP) is 4.57. The van der Waals surface area contributed by atoms with Crippen molar-refractivity contribution in [3.05, 3.63) is 84.2 Å². The fourth-order valence-corrected chi connectivity index (χ4v) is 3.27. The average Bonchev–Trinajstić information content (AvgIpc) is 3.11. The monoisotopic (exact) mass is 401 g/mol. The van der Waals surface area contributed by atoms with Crippen molar-refractivity contribution in [2.45, 2.75) is 20.1 Å². The molecular weight excluding hydrogens is 378 g/mol. The summed E-state index contributed by atoms with van der Waals surface area (Å²) in [5.74, 6) is 1.82. The van der Waals surface area contributed by atoms with Crippen molar-refractivity contribution in [2.75, 3.05) is 12.4 Å². The maximum Gasteiger partial charge on any atom is 0.244 e. The largest absolute Gasteiger partial charge is 0.493 e. The van der Waals surface area contributed by atoms with Gasteiger partial charge in [0.1, 0.15) is 19.0 Å². The Kier molecular flexibility index (Phi) is 5.66. The van der Waals surface area contributed by atoms with E-state index in [1.807, 2.05) is 84.3 Å². The van der Waals surface area contributed by atoms with E-state index in [0.29, 0.717) is 17.3 Å². The minimum Gasteiger partial charge on any atom is -0.493 e. The Labute approximate surface area is 175 Å². The highest BCUT2D eigenvalue weighted by molar-refractivity contribution is 5.91. The maximum absolute atomic E-state index is 12.7. The number of para-hydroxylation sites is 4. The number of rotatable bonds is 7. The molecule has 0 saturated carbocycles. The summed E-state index contributed by atoms with van der Waals surface area (Å²) >= 11 is 0. The first-order chi connectivity index (χ1) is 14.6. The standard InChI is InChI=1S/C24H23N3O3/c1-17-11-13-18(14-12-17)25-24(28)15-27-20-8-4-3-7-19(20)26-23(27)16-30-22-10-6-5-9-21(22)29-2/h3-14H,15-16H2,1-2H3,(H,25,28). The van der Waals surface area contributed by atoms with Gasteiger partial charge in [0.25, 0.3) is 0 Å². The van der Waals surface area contributed by atoms with Crippen LogP contribution in [0.5, 0.6) is 11.5 Å². The van der Waals surface area contributed by atoms with Crippen LogP contribution in [0.3, 0.4) is 0 Å². The van der Waals surface area contributed by atoms with Gasteiger partial charge in [-0.15, -0.1) is 0 Å². The third kappa shape index (κ3) is 4.27. The molecule has 0 aliphatic heterocycles. The molecular formula is C24H23N3O3. The molecule has 1 N–H and O–H groups in total. The highest BCUT2D eigenvalue weighted by atomic mass is 16.5. The lowest BCUT2D eigenvalue weighted by atomic mass is 10.2. The van der Waals surface area contributed by atoms with Crippen molar-refractivity contribution in [3.63, 3.8) is 0 Å². The van der Waals surface area contributed by atoms with Crippen molar-refractivity contribution < 1.29 is 14.3 Å². The van der Waals surface area contributed by atoms with Gasteiger partial charge in [0.2, 0.25) is 5.91 Å². The lowest BCUT2D eigenvalue weighted by Gasteiger charge is -2.12. The molecule has 4 aromatic rings. The number of aryl methyl sites for hydroxylation is 1. The lowest BCUT2D eigenvalue weighted by Crippen LogP contribution is -2.20. The number of carbonyl (C=O) groups is 1. The molecule has 0 saturated heterocycles. The number of imidazole rings is 1. The second kappa shape index (κ2) is 8.69. The summed E-state index contributed by atoms with van der Waals surface area (Å²) in [7, 11) is 1.60. The van der Waals surface area contributed by atoms with Crippen molar-refractivity contribution in [1.29, 1.82) is 0 Å². The number of nitrogens with zero attached hydrogens (tertiary/aromatic N) is 2. The van der Waals surface area contributed by atoms with Crippen molar-refractivity contribution >= 4 is 22.6 Å². The normalized spacial score (nSPS) is 10.7. The van der Waals surface area contributed by atoms with E-state index in [9.17, 15) is 4.79 Å². The number of hydrogen-bond acceptors (Lipinski definition) is 4. The van der Waals surface area contributed by atoms with Crippen molar-refractivity contribution in [1.82, 2.24) is 9.55 Å². The molecule has 0 fully saturated rings. The number of anilines is 1. The molecule has 3 aromatic carbocycles. The molecule has 0 atom stereocenters. The molecule has 0 radical (unpaired) electrons. The minimum absolute atomic E-state index is 0.124. The molecule has 0 aliphatic rings. The number of fused-ring (bicyclic) bond motifs is 1. The van der Waals surface area contributed by atoms with Gasteiger partial charge in [-0.3, -0.25) is 4.79 Å². The Morgan fingerprint density at radius 1 is 0.967 bits per heavy atom. The zero-order chi connectivity index (χ0) is 20.9. The van der Waals surface area contributed by atoms with E-state index in [1.54, 1.807) is 7.11 Å². The van der Waals surface area contributed by atoms with E-state index in [4.69, 9.17) is 9.47 Å². The van der Waals surface area contributed by atoms with Crippen LogP contribution in [0.2, 0.25) is 0 Å². The smallest absolute Gasteiger partial charge is 0.244 e. The molecule has 152 valence electrons. The third-order valence-corrected chi connectivity index (χ3v) is 4.80. The Hall–Kier alpha value is -3.80. The van der Waals surface area contributed by atoms with Gasteiger partial charge in [0.15, 0.2) is 11.5 Å². The molecule has 30 heavy (non-hydrogen) atoms. The summed E-state index contributed by atoms with van der Waals surface area (Å²) in [4.78, 5) is 17.4. The Bertz CT molecular complexity index is 1170. The molecule has 0 bridgehead atoms. The van der Waals surface area contributed by atoms with E-state index < -0.39 is 0 Å². The molecule has 0 unspecified atom stereocenters. The van der Waals surface area contributed by atoms with Crippen LogP contribution in [0.15, 0.2) is 72.8 Å². The second-order valence-electron chi connectivity index (χ2n) is 6.96. The van der Waals surface area contributed by atoms with Crippen LogP contribution in [-0.2, 0) is 17.9 Å². The molecule has 1 amide bonds. The molecule has 1 aromatic heterocycles. The first-order valence-electron chi connectivity index (χ1n) is 9.70. The Balaban J connectivity index is 1.57. The van der Waals surface area contributed by atoms with Gasteiger partial charge in [-0.1, -0.05) is 42.0 Å². The average molecular weight is 401 g/mol. The summed E-state index contributed by atoms with van der Waals surface area (Å²) in [5.41, 5.74) is 3.61. The van der Waals surface area contributed by atoms with Crippen molar-refractivity contribution in [3.8, 4) is 11.5 Å². The molecule has 1 heterocycles. The zero-order valence-corrected chi connectivity index (χ0v) is 17.0. The topological polar surface area (TPSA) is 65.4 Å². The Morgan fingerprint density at radius 2 is 1.67 bits per heavy atom. The number of methoxy groups -OCH3 is 1. The van der Waals surface area contributed by atoms with Gasteiger partial charge in [-0.05, 0) is 43.3 Å². The first-order valence-corrected chi connectivity index (χ1v) is 9.70. The maximum atomic E-state index is 12.7. The molecule has 6 heteroatoms. The van der Waals surface area contributed by atoms with E-state index in [0.717, 1.165) is 22.3 Å². The molecule has 0 spiro atoms. The highest BCUT2D eigenvalue weighted by Gasteiger charge is 2.15. The highest BCUT2D eigenvalue weighted by Crippen LogP contribution is 2.27. The second-order valence-corrected chi connectivity index (χ2v) is 6.96.